The number of carbonyl (C=O) groups excluding carboxylic acids is 1. The molecule has 0 bridgehead atoms. The minimum atomic E-state index is -0.112. The van der Waals surface area contributed by atoms with Gasteiger partial charge >= 0.3 is 12.0 Å². The first-order chi connectivity index (χ1) is 10.2. The van der Waals surface area contributed by atoms with E-state index in [1.165, 1.54) is 14.2 Å². The smallest absolute Gasteiger partial charge is 0.322 e. The second-order valence-electron chi connectivity index (χ2n) is 4.16. The van der Waals surface area contributed by atoms with Crippen molar-refractivity contribution < 1.29 is 14.3 Å². The van der Waals surface area contributed by atoms with E-state index in [0.29, 0.717) is 12.2 Å². The lowest BCUT2D eigenvalue weighted by Crippen LogP contribution is -2.25. The van der Waals surface area contributed by atoms with E-state index in [4.69, 9.17) is 9.47 Å². The summed E-state index contributed by atoms with van der Waals surface area (Å²) in [5.74, 6) is 0.264. The molecule has 0 aliphatic carbocycles. The van der Waals surface area contributed by atoms with Gasteiger partial charge in [-0.25, -0.2) is 0 Å². The van der Waals surface area contributed by atoms with Crippen molar-refractivity contribution in [2.24, 2.45) is 0 Å². The Morgan fingerprint density at radius 1 is 1.05 bits per heavy atom. The molecule has 21 heavy (non-hydrogen) atoms. The Labute approximate surface area is 122 Å². The number of amides is 1. The van der Waals surface area contributed by atoms with Gasteiger partial charge in [-0.3, -0.25) is 4.79 Å². The maximum Gasteiger partial charge on any atom is 0.322 e. The topological polar surface area (TPSA) is 86.2 Å². The number of rotatable bonds is 6. The fraction of sp³-hybridized carbons (Fsp3) is 0.286. The molecule has 0 saturated carbocycles. The van der Waals surface area contributed by atoms with Crippen molar-refractivity contribution in [1.29, 1.82) is 0 Å². The first-order valence-corrected chi connectivity index (χ1v) is 6.35. The fourth-order valence-corrected chi connectivity index (χ4v) is 1.66. The van der Waals surface area contributed by atoms with Crippen LogP contribution in [0.1, 0.15) is 11.4 Å². The Balaban J connectivity index is 1.94. The van der Waals surface area contributed by atoms with E-state index in [1.54, 1.807) is 0 Å². The zero-order chi connectivity index (χ0) is 15.1. The van der Waals surface area contributed by atoms with Crippen LogP contribution in [0.25, 0.3) is 0 Å². The Hall–Kier alpha value is -2.70. The monoisotopic (exact) mass is 288 g/mol. The summed E-state index contributed by atoms with van der Waals surface area (Å²) in [4.78, 5) is 23.8. The number of ether oxygens (including phenoxy) is 2. The summed E-state index contributed by atoms with van der Waals surface area (Å²) in [6.45, 7) is 0.181. The Bertz CT molecular complexity index is 582. The molecule has 0 saturated heterocycles. The first-order valence-electron chi connectivity index (χ1n) is 6.35. The molecule has 0 unspecified atom stereocenters. The van der Waals surface area contributed by atoms with Crippen molar-refractivity contribution in [2.75, 3.05) is 14.2 Å². The van der Waals surface area contributed by atoms with Gasteiger partial charge in [0.25, 0.3) is 0 Å². The summed E-state index contributed by atoms with van der Waals surface area (Å²) >= 11 is 0. The second-order valence-corrected chi connectivity index (χ2v) is 4.16. The van der Waals surface area contributed by atoms with E-state index < -0.39 is 0 Å². The van der Waals surface area contributed by atoms with Crippen LogP contribution in [-0.4, -0.2) is 35.1 Å². The third kappa shape index (κ3) is 4.41. The fourth-order valence-electron chi connectivity index (χ4n) is 1.66. The lowest BCUT2D eigenvalue weighted by molar-refractivity contribution is -0.120. The van der Waals surface area contributed by atoms with Gasteiger partial charge in [-0.2, -0.15) is 9.97 Å². The van der Waals surface area contributed by atoms with Crippen LogP contribution < -0.4 is 14.8 Å². The van der Waals surface area contributed by atoms with Gasteiger partial charge in [-0.15, -0.1) is 4.98 Å². The number of nitrogens with one attached hydrogen (secondary N) is 1. The predicted octanol–water partition coefficient (Wildman–Crippen LogP) is 0.748. The summed E-state index contributed by atoms with van der Waals surface area (Å²) in [5, 5.41) is 2.75. The molecule has 7 heteroatoms. The van der Waals surface area contributed by atoms with Gasteiger partial charge in [0.05, 0.1) is 27.2 Å². The lowest BCUT2D eigenvalue weighted by Gasteiger charge is -2.07. The standard InChI is InChI=1S/C14H16N4O3/c1-20-13-16-11(17-14(18-13)21-2)9-15-12(19)8-10-6-4-3-5-7-10/h3-7H,8-9H2,1-2H3,(H,15,19). The Kier molecular flexibility index (Phi) is 5.03. The molecule has 0 fully saturated rings. The van der Waals surface area contributed by atoms with Crippen molar-refractivity contribution in [3.05, 3.63) is 41.7 Å². The van der Waals surface area contributed by atoms with Crippen molar-refractivity contribution >= 4 is 5.91 Å². The van der Waals surface area contributed by atoms with E-state index in [0.717, 1.165) is 5.56 Å². The van der Waals surface area contributed by atoms with E-state index >= 15 is 0 Å². The largest absolute Gasteiger partial charge is 0.467 e. The summed E-state index contributed by atoms with van der Waals surface area (Å²) in [5.41, 5.74) is 0.945. The maximum atomic E-state index is 11.8. The van der Waals surface area contributed by atoms with Gasteiger partial charge < -0.3 is 14.8 Å². The van der Waals surface area contributed by atoms with Crippen LogP contribution in [0.5, 0.6) is 12.0 Å². The summed E-state index contributed by atoms with van der Waals surface area (Å²) in [6.07, 6.45) is 0.306. The predicted molar refractivity (Wildman–Crippen MR) is 74.9 cm³/mol. The average Bonchev–Trinajstić information content (AvgIpc) is 2.53. The van der Waals surface area contributed by atoms with Crippen molar-refractivity contribution in [3.63, 3.8) is 0 Å². The zero-order valence-electron chi connectivity index (χ0n) is 11.9. The molecule has 0 aliphatic rings. The molecule has 1 aromatic heterocycles. The van der Waals surface area contributed by atoms with Crippen LogP contribution in [0.15, 0.2) is 30.3 Å². The van der Waals surface area contributed by atoms with E-state index in [1.807, 2.05) is 30.3 Å². The van der Waals surface area contributed by atoms with Gasteiger partial charge in [0.15, 0.2) is 5.82 Å². The molecular weight excluding hydrogens is 272 g/mol. The molecule has 2 rings (SSSR count). The Morgan fingerprint density at radius 3 is 2.24 bits per heavy atom. The van der Waals surface area contributed by atoms with E-state index in [-0.39, 0.29) is 24.5 Å². The number of hydrogen-bond acceptors (Lipinski definition) is 6. The number of carbonyl (C=O) groups is 1. The second kappa shape index (κ2) is 7.18. The maximum absolute atomic E-state index is 11.8. The molecular formula is C14H16N4O3. The lowest BCUT2D eigenvalue weighted by atomic mass is 10.1. The molecule has 0 atom stereocenters. The number of benzene rings is 1. The highest BCUT2D eigenvalue weighted by molar-refractivity contribution is 5.78. The number of hydrogen-bond donors (Lipinski definition) is 1. The van der Waals surface area contributed by atoms with Gasteiger partial charge in [0, 0.05) is 0 Å². The highest BCUT2D eigenvalue weighted by Gasteiger charge is 2.09. The van der Waals surface area contributed by atoms with Gasteiger partial charge in [0.2, 0.25) is 5.91 Å². The summed E-state index contributed by atoms with van der Waals surface area (Å²) in [7, 11) is 2.90. The zero-order valence-corrected chi connectivity index (χ0v) is 11.9. The molecule has 110 valence electrons. The molecule has 1 amide bonds. The molecule has 0 aliphatic heterocycles. The summed E-state index contributed by atoms with van der Waals surface area (Å²) < 4.78 is 9.89. The van der Waals surface area contributed by atoms with E-state index in [9.17, 15) is 4.79 Å². The quantitative estimate of drug-likeness (QED) is 0.844. The normalized spacial score (nSPS) is 10.0. The van der Waals surface area contributed by atoms with Gasteiger partial charge in [-0.1, -0.05) is 30.3 Å². The third-order valence-corrected chi connectivity index (χ3v) is 2.66. The Morgan fingerprint density at radius 2 is 1.67 bits per heavy atom. The third-order valence-electron chi connectivity index (χ3n) is 2.66. The minimum Gasteiger partial charge on any atom is -0.467 e. The van der Waals surface area contributed by atoms with Crippen LogP contribution in [0.2, 0.25) is 0 Å². The SMILES string of the molecule is COc1nc(CNC(=O)Cc2ccccc2)nc(OC)n1. The highest BCUT2D eigenvalue weighted by Crippen LogP contribution is 2.08. The molecule has 2 aromatic rings. The van der Waals surface area contributed by atoms with E-state index in [2.05, 4.69) is 20.3 Å². The number of aromatic nitrogens is 3. The van der Waals surface area contributed by atoms with Gasteiger partial charge in [-0.05, 0) is 5.56 Å². The van der Waals surface area contributed by atoms with Gasteiger partial charge in [0.1, 0.15) is 0 Å². The minimum absolute atomic E-state index is 0.112. The molecule has 1 heterocycles. The van der Waals surface area contributed by atoms with Crippen LogP contribution in [0, 0.1) is 0 Å². The molecule has 0 spiro atoms. The highest BCUT2D eigenvalue weighted by atomic mass is 16.5. The van der Waals surface area contributed by atoms with Crippen LogP contribution in [-0.2, 0) is 17.8 Å². The first kappa shape index (κ1) is 14.7. The molecule has 7 nitrogen and oxygen atoms in total. The number of nitrogens with zero attached hydrogens (tertiary/aromatic N) is 3. The molecule has 0 radical (unpaired) electrons. The average molecular weight is 288 g/mol. The van der Waals surface area contributed by atoms with Crippen LogP contribution >= 0.6 is 0 Å². The summed E-state index contributed by atoms with van der Waals surface area (Å²) in [6, 6.07) is 9.78. The van der Waals surface area contributed by atoms with Crippen molar-refractivity contribution in [2.45, 2.75) is 13.0 Å². The van der Waals surface area contributed by atoms with Crippen LogP contribution in [0.3, 0.4) is 0 Å². The number of methoxy groups -OCH3 is 2. The van der Waals surface area contributed by atoms with Crippen LogP contribution in [0.4, 0.5) is 0 Å². The van der Waals surface area contributed by atoms with Crippen molar-refractivity contribution in [3.8, 4) is 12.0 Å². The molecule has 1 aromatic carbocycles. The van der Waals surface area contributed by atoms with Crippen molar-refractivity contribution in [1.82, 2.24) is 20.3 Å². The molecule has 1 N–H and O–H groups in total.